The number of carbonyl (C=O) groups excluding carboxylic acids is 1. The van der Waals surface area contributed by atoms with E-state index >= 15 is 0 Å². The number of benzene rings is 2. The minimum atomic E-state index is -0.285. The Kier molecular flexibility index (Phi) is 5.69. The summed E-state index contributed by atoms with van der Waals surface area (Å²) in [6, 6.07) is 18.4. The number of halogens is 1. The summed E-state index contributed by atoms with van der Waals surface area (Å²) < 4.78 is 13.9. The van der Waals surface area contributed by atoms with Crippen LogP contribution in [-0.2, 0) is 4.79 Å². The zero-order valence-corrected chi connectivity index (χ0v) is 20.0. The maximum atomic E-state index is 13.9. The van der Waals surface area contributed by atoms with Crippen LogP contribution in [0.3, 0.4) is 0 Å². The summed E-state index contributed by atoms with van der Waals surface area (Å²) in [5.74, 6) is -0.313. The van der Waals surface area contributed by atoms with E-state index in [4.69, 9.17) is 0 Å². The molecule has 0 fully saturated rings. The lowest BCUT2D eigenvalue weighted by atomic mass is 10.0. The van der Waals surface area contributed by atoms with Gasteiger partial charge in [-0.2, -0.15) is 5.10 Å². The molecule has 0 aliphatic heterocycles. The van der Waals surface area contributed by atoms with Crippen molar-refractivity contribution in [3.8, 4) is 33.6 Å². The van der Waals surface area contributed by atoms with E-state index in [1.54, 1.807) is 24.7 Å². The van der Waals surface area contributed by atoms with Gasteiger partial charge in [-0.1, -0.05) is 25.1 Å². The van der Waals surface area contributed by atoms with Gasteiger partial charge in [-0.3, -0.25) is 14.9 Å². The first-order valence-electron chi connectivity index (χ1n) is 12.1. The van der Waals surface area contributed by atoms with Gasteiger partial charge < -0.3 is 10.3 Å². The van der Waals surface area contributed by atoms with E-state index in [1.165, 1.54) is 12.1 Å². The molecule has 4 aromatic heterocycles. The lowest BCUT2D eigenvalue weighted by molar-refractivity contribution is -0.116. The number of amides is 1. The van der Waals surface area contributed by atoms with Crippen LogP contribution in [-0.4, -0.2) is 31.1 Å². The largest absolute Gasteiger partial charge is 0.338 e. The predicted octanol–water partition coefficient (Wildman–Crippen LogP) is 6.71. The standard InChI is InChI=1S/C29H23FN6O/c1-2-4-27(37)33-21-12-19(15-31-16-21)17-7-8-25-24(13-17)28(36-35-25)26-14-23-22(9-10-32-29(23)34-26)18-5-3-6-20(30)11-18/h3,5-16H,2,4H2,1H3,(H,32,34)(H,33,37)(H,35,36). The quantitative estimate of drug-likeness (QED) is 0.241. The van der Waals surface area contributed by atoms with Crippen molar-refractivity contribution >= 4 is 33.5 Å². The van der Waals surface area contributed by atoms with Crippen LogP contribution < -0.4 is 5.32 Å². The number of rotatable bonds is 6. The zero-order valence-electron chi connectivity index (χ0n) is 20.0. The van der Waals surface area contributed by atoms with E-state index in [1.807, 2.05) is 43.3 Å². The summed E-state index contributed by atoms with van der Waals surface area (Å²) in [5.41, 5.74) is 7.30. The predicted molar refractivity (Wildman–Crippen MR) is 143 cm³/mol. The Hall–Kier alpha value is -4.85. The number of pyridine rings is 2. The Balaban J connectivity index is 1.40. The summed E-state index contributed by atoms with van der Waals surface area (Å²) in [4.78, 5) is 24.2. The number of aromatic nitrogens is 5. The molecule has 8 heteroatoms. The van der Waals surface area contributed by atoms with E-state index in [0.29, 0.717) is 17.8 Å². The third kappa shape index (κ3) is 4.33. The molecule has 0 aliphatic carbocycles. The molecule has 1 amide bonds. The zero-order chi connectivity index (χ0) is 25.4. The fraction of sp³-hybridized carbons (Fsp3) is 0.103. The molecule has 0 atom stereocenters. The first-order valence-corrected chi connectivity index (χ1v) is 12.1. The van der Waals surface area contributed by atoms with E-state index in [9.17, 15) is 9.18 Å². The third-order valence-electron chi connectivity index (χ3n) is 6.32. The van der Waals surface area contributed by atoms with Gasteiger partial charge >= 0.3 is 0 Å². The summed E-state index contributed by atoms with van der Waals surface area (Å²) in [6.45, 7) is 1.97. The van der Waals surface area contributed by atoms with Gasteiger partial charge in [-0.15, -0.1) is 0 Å². The molecule has 0 aliphatic rings. The summed E-state index contributed by atoms with van der Waals surface area (Å²) >= 11 is 0. The van der Waals surface area contributed by atoms with Crippen LogP contribution in [0.1, 0.15) is 19.8 Å². The number of H-pyrrole nitrogens is 2. The van der Waals surface area contributed by atoms with Gasteiger partial charge in [-0.05, 0) is 65.6 Å². The molecule has 0 bridgehead atoms. The molecule has 4 heterocycles. The van der Waals surface area contributed by atoms with Gasteiger partial charge in [0.1, 0.15) is 17.2 Å². The fourth-order valence-electron chi connectivity index (χ4n) is 4.58. The van der Waals surface area contributed by atoms with Crippen LogP contribution in [0.15, 0.2) is 79.3 Å². The molecular weight excluding hydrogens is 467 g/mol. The lowest BCUT2D eigenvalue weighted by Crippen LogP contribution is -2.10. The van der Waals surface area contributed by atoms with Crippen molar-refractivity contribution in [3.63, 3.8) is 0 Å². The summed E-state index contributed by atoms with van der Waals surface area (Å²) in [5, 5.41) is 12.4. The molecule has 182 valence electrons. The number of aromatic amines is 2. The van der Waals surface area contributed by atoms with Crippen molar-refractivity contribution in [3.05, 3.63) is 85.1 Å². The smallest absolute Gasteiger partial charge is 0.224 e. The maximum Gasteiger partial charge on any atom is 0.224 e. The van der Waals surface area contributed by atoms with Crippen LogP contribution in [0, 0.1) is 5.82 Å². The minimum Gasteiger partial charge on any atom is -0.338 e. The molecule has 0 spiro atoms. The second kappa shape index (κ2) is 9.31. The molecule has 6 rings (SSSR count). The van der Waals surface area contributed by atoms with E-state index < -0.39 is 0 Å². The van der Waals surface area contributed by atoms with E-state index in [-0.39, 0.29) is 11.7 Å². The van der Waals surface area contributed by atoms with Crippen molar-refractivity contribution in [1.82, 2.24) is 25.1 Å². The van der Waals surface area contributed by atoms with Crippen LogP contribution in [0.25, 0.3) is 55.6 Å². The van der Waals surface area contributed by atoms with Crippen molar-refractivity contribution in [2.75, 3.05) is 5.32 Å². The lowest BCUT2D eigenvalue weighted by Gasteiger charge is -2.07. The van der Waals surface area contributed by atoms with Gasteiger partial charge in [0.2, 0.25) is 5.91 Å². The van der Waals surface area contributed by atoms with Crippen LogP contribution in [0.2, 0.25) is 0 Å². The molecule has 37 heavy (non-hydrogen) atoms. The van der Waals surface area contributed by atoms with Gasteiger partial charge in [0.25, 0.3) is 0 Å². The molecule has 0 unspecified atom stereocenters. The first-order chi connectivity index (χ1) is 18.1. The van der Waals surface area contributed by atoms with Gasteiger partial charge in [-0.25, -0.2) is 9.37 Å². The molecule has 6 aromatic rings. The Labute approximate surface area is 211 Å². The molecule has 0 saturated carbocycles. The Morgan fingerprint density at radius 2 is 1.89 bits per heavy atom. The highest BCUT2D eigenvalue weighted by Crippen LogP contribution is 2.35. The maximum absolute atomic E-state index is 13.9. The Morgan fingerprint density at radius 1 is 0.973 bits per heavy atom. The average Bonchev–Trinajstić information content (AvgIpc) is 3.52. The molecular formula is C29H23FN6O. The second-order valence-electron chi connectivity index (χ2n) is 8.91. The SMILES string of the molecule is CCCC(=O)Nc1cncc(-c2ccc3[nH]nc(-c4cc5c(-c6cccc(F)c6)ccnc5[nH]4)c3c2)c1. The van der Waals surface area contributed by atoms with Gasteiger partial charge in [0.05, 0.1) is 23.1 Å². The molecule has 3 N–H and O–H groups in total. The monoisotopic (exact) mass is 490 g/mol. The number of hydrogen-bond donors (Lipinski definition) is 3. The number of hydrogen-bond acceptors (Lipinski definition) is 4. The van der Waals surface area contributed by atoms with Gasteiger partial charge in [0, 0.05) is 35.2 Å². The number of fused-ring (bicyclic) bond motifs is 2. The highest BCUT2D eigenvalue weighted by atomic mass is 19.1. The number of carbonyl (C=O) groups is 1. The van der Waals surface area contributed by atoms with Gasteiger partial charge in [0.15, 0.2) is 0 Å². The van der Waals surface area contributed by atoms with Crippen LogP contribution in [0.5, 0.6) is 0 Å². The number of anilines is 1. The van der Waals surface area contributed by atoms with E-state index in [0.717, 1.165) is 56.4 Å². The van der Waals surface area contributed by atoms with Crippen molar-refractivity contribution in [1.29, 1.82) is 0 Å². The van der Waals surface area contributed by atoms with Crippen LogP contribution in [0.4, 0.5) is 10.1 Å². The number of nitrogens with one attached hydrogen (secondary N) is 3. The minimum absolute atomic E-state index is 0.0287. The normalized spacial score (nSPS) is 11.3. The summed E-state index contributed by atoms with van der Waals surface area (Å²) in [7, 11) is 0. The highest BCUT2D eigenvalue weighted by Gasteiger charge is 2.15. The first kappa shape index (κ1) is 22.6. The topological polar surface area (TPSA) is 99.3 Å². The summed E-state index contributed by atoms with van der Waals surface area (Å²) in [6.07, 6.45) is 6.38. The van der Waals surface area contributed by atoms with E-state index in [2.05, 4.69) is 36.5 Å². The highest BCUT2D eigenvalue weighted by molar-refractivity contribution is 6.01. The third-order valence-corrected chi connectivity index (χ3v) is 6.32. The molecule has 0 saturated heterocycles. The average molecular weight is 491 g/mol. The molecule has 7 nitrogen and oxygen atoms in total. The second-order valence-corrected chi connectivity index (χ2v) is 8.91. The number of nitrogens with zero attached hydrogens (tertiary/aromatic N) is 3. The van der Waals surface area contributed by atoms with Crippen molar-refractivity contribution in [2.45, 2.75) is 19.8 Å². The fourth-order valence-corrected chi connectivity index (χ4v) is 4.58. The Morgan fingerprint density at radius 3 is 2.76 bits per heavy atom. The van der Waals surface area contributed by atoms with Crippen molar-refractivity contribution < 1.29 is 9.18 Å². The Bertz CT molecular complexity index is 1770. The molecule has 0 radical (unpaired) electrons. The molecule has 2 aromatic carbocycles. The van der Waals surface area contributed by atoms with Crippen LogP contribution >= 0.6 is 0 Å². The van der Waals surface area contributed by atoms with Crippen molar-refractivity contribution in [2.24, 2.45) is 0 Å².